The van der Waals surface area contributed by atoms with Gasteiger partial charge in [0.2, 0.25) is 5.88 Å². The first-order valence-corrected chi connectivity index (χ1v) is 8.73. The lowest BCUT2D eigenvalue weighted by Gasteiger charge is -2.23. The highest BCUT2D eigenvalue weighted by Crippen LogP contribution is 2.28. The number of halogens is 1. The van der Waals surface area contributed by atoms with Gasteiger partial charge in [-0.25, -0.2) is 14.4 Å². The Kier molecular flexibility index (Phi) is 4.67. The molecular formula is C19H19FN4O2. The van der Waals surface area contributed by atoms with E-state index in [0.29, 0.717) is 37.2 Å². The summed E-state index contributed by atoms with van der Waals surface area (Å²) in [6, 6.07) is 7.04. The number of hydrogen-bond acceptors (Lipinski definition) is 6. The van der Waals surface area contributed by atoms with E-state index in [4.69, 9.17) is 14.5 Å². The van der Waals surface area contributed by atoms with Crippen molar-refractivity contribution in [3.63, 3.8) is 0 Å². The van der Waals surface area contributed by atoms with E-state index in [1.165, 1.54) is 12.1 Å². The average molecular weight is 354 g/mol. The van der Waals surface area contributed by atoms with Crippen LogP contribution in [0.5, 0.6) is 5.88 Å². The van der Waals surface area contributed by atoms with Gasteiger partial charge >= 0.3 is 0 Å². The molecule has 26 heavy (non-hydrogen) atoms. The molecule has 0 spiro atoms. The van der Waals surface area contributed by atoms with Gasteiger partial charge in [0.05, 0.1) is 37.3 Å². The SMILES string of the molecule is N#Cc1cc2c(nc1N1CCC(COc3ccc(F)cn3)C1)CCOC2. The number of pyridine rings is 2. The van der Waals surface area contributed by atoms with Crippen LogP contribution in [0.25, 0.3) is 0 Å². The Balaban J connectivity index is 1.43. The Labute approximate surface area is 151 Å². The van der Waals surface area contributed by atoms with Gasteiger partial charge in [-0.2, -0.15) is 5.26 Å². The molecule has 0 bridgehead atoms. The number of ether oxygens (including phenoxy) is 2. The summed E-state index contributed by atoms with van der Waals surface area (Å²) in [4.78, 5) is 10.8. The van der Waals surface area contributed by atoms with E-state index in [0.717, 1.165) is 49.2 Å². The third-order valence-electron chi connectivity index (χ3n) is 4.78. The van der Waals surface area contributed by atoms with E-state index in [2.05, 4.69) is 16.0 Å². The van der Waals surface area contributed by atoms with Crippen molar-refractivity contribution in [2.24, 2.45) is 5.92 Å². The second-order valence-electron chi connectivity index (χ2n) is 6.61. The highest BCUT2D eigenvalue weighted by molar-refractivity contribution is 5.57. The molecule has 1 unspecified atom stereocenters. The molecule has 6 nitrogen and oxygen atoms in total. The third kappa shape index (κ3) is 3.46. The second kappa shape index (κ2) is 7.26. The molecule has 1 atom stereocenters. The zero-order valence-electron chi connectivity index (χ0n) is 14.3. The first kappa shape index (κ1) is 16.7. The van der Waals surface area contributed by atoms with Crippen LogP contribution in [-0.2, 0) is 17.8 Å². The van der Waals surface area contributed by atoms with E-state index in [-0.39, 0.29) is 5.82 Å². The van der Waals surface area contributed by atoms with Crippen molar-refractivity contribution in [1.29, 1.82) is 5.26 Å². The van der Waals surface area contributed by atoms with Crippen LogP contribution in [0.15, 0.2) is 24.4 Å². The molecule has 134 valence electrons. The van der Waals surface area contributed by atoms with Crippen molar-refractivity contribution in [1.82, 2.24) is 9.97 Å². The van der Waals surface area contributed by atoms with Crippen LogP contribution in [0.3, 0.4) is 0 Å². The average Bonchev–Trinajstić information content (AvgIpc) is 3.15. The minimum atomic E-state index is -0.377. The van der Waals surface area contributed by atoms with Gasteiger partial charge in [-0.15, -0.1) is 0 Å². The first-order chi connectivity index (χ1) is 12.7. The molecule has 4 heterocycles. The lowest BCUT2D eigenvalue weighted by atomic mass is 10.1. The molecule has 0 aliphatic carbocycles. The van der Waals surface area contributed by atoms with E-state index in [1.54, 1.807) is 0 Å². The summed E-state index contributed by atoms with van der Waals surface area (Å²) in [5.41, 5.74) is 2.63. The van der Waals surface area contributed by atoms with Crippen molar-refractivity contribution in [2.75, 3.05) is 31.2 Å². The van der Waals surface area contributed by atoms with Gasteiger partial charge in [0.25, 0.3) is 0 Å². The Hall–Kier alpha value is -2.72. The molecule has 1 fully saturated rings. The lowest BCUT2D eigenvalue weighted by Crippen LogP contribution is -2.25. The zero-order valence-corrected chi connectivity index (χ0v) is 14.3. The van der Waals surface area contributed by atoms with Crippen LogP contribution in [-0.4, -0.2) is 36.3 Å². The molecule has 2 aliphatic heterocycles. The number of fused-ring (bicyclic) bond motifs is 1. The fraction of sp³-hybridized carbons (Fsp3) is 0.421. The van der Waals surface area contributed by atoms with Crippen molar-refractivity contribution in [3.8, 4) is 11.9 Å². The molecule has 0 N–H and O–H groups in total. The molecule has 4 rings (SSSR count). The normalized spacial score (nSPS) is 19.1. The Morgan fingerprint density at radius 3 is 3.15 bits per heavy atom. The first-order valence-electron chi connectivity index (χ1n) is 8.73. The molecule has 0 amide bonds. The number of anilines is 1. The van der Waals surface area contributed by atoms with Crippen LogP contribution < -0.4 is 9.64 Å². The molecule has 7 heteroatoms. The number of nitrogens with zero attached hydrogens (tertiary/aromatic N) is 4. The highest BCUT2D eigenvalue weighted by Gasteiger charge is 2.27. The van der Waals surface area contributed by atoms with Gasteiger partial charge in [0, 0.05) is 37.1 Å². The van der Waals surface area contributed by atoms with Crippen LogP contribution >= 0.6 is 0 Å². The van der Waals surface area contributed by atoms with Gasteiger partial charge < -0.3 is 14.4 Å². The molecule has 0 saturated carbocycles. The van der Waals surface area contributed by atoms with Crippen LogP contribution in [0.4, 0.5) is 10.2 Å². The van der Waals surface area contributed by atoms with Crippen LogP contribution in [0.2, 0.25) is 0 Å². The quantitative estimate of drug-likeness (QED) is 0.840. The Morgan fingerprint density at radius 1 is 1.42 bits per heavy atom. The Morgan fingerprint density at radius 2 is 2.35 bits per heavy atom. The van der Waals surface area contributed by atoms with Crippen molar-refractivity contribution in [2.45, 2.75) is 19.4 Å². The minimum Gasteiger partial charge on any atom is -0.477 e. The summed E-state index contributed by atoms with van der Waals surface area (Å²) in [6.45, 7) is 3.32. The summed E-state index contributed by atoms with van der Waals surface area (Å²) in [7, 11) is 0. The van der Waals surface area contributed by atoms with Crippen molar-refractivity contribution in [3.05, 3.63) is 47.0 Å². The van der Waals surface area contributed by atoms with Crippen LogP contribution in [0.1, 0.15) is 23.2 Å². The predicted octanol–water partition coefficient (Wildman–Crippen LogP) is 2.47. The van der Waals surface area contributed by atoms with E-state index in [1.807, 2.05) is 6.07 Å². The lowest BCUT2D eigenvalue weighted by molar-refractivity contribution is 0.109. The van der Waals surface area contributed by atoms with Crippen LogP contribution in [0, 0.1) is 23.1 Å². The summed E-state index contributed by atoms with van der Waals surface area (Å²) in [5, 5.41) is 9.50. The highest BCUT2D eigenvalue weighted by atomic mass is 19.1. The third-order valence-corrected chi connectivity index (χ3v) is 4.78. The second-order valence-corrected chi connectivity index (χ2v) is 6.61. The molecule has 1 saturated heterocycles. The molecule has 0 radical (unpaired) electrons. The van der Waals surface area contributed by atoms with Gasteiger partial charge in [-0.3, -0.25) is 0 Å². The number of aromatic nitrogens is 2. The standard InChI is InChI=1S/C19H19FN4O2/c20-16-1-2-18(22-9-16)26-11-13-3-5-24(10-13)19-14(8-21)7-15-12-25-6-4-17(15)23-19/h1-2,7,9,13H,3-6,10-12H2. The van der Waals surface area contributed by atoms with Gasteiger partial charge in [-0.1, -0.05) is 0 Å². The molecule has 2 aromatic rings. The molecule has 0 aromatic carbocycles. The van der Waals surface area contributed by atoms with Crippen molar-refractivity contribution < 1.29 is 13.9 Å². The smallest absolute Gasteiger partial charge is 0.213 e. The maximum absolute atomic E-state index is 12.9. The van der Waals surface area contributed by atoms with E-state index in [9.17, 15) is 9.65 Å². The summed E-state index contributed by atoms with van der Waals surface area (Å²) < 4.78 is 24.0. The van der Waals surface area contributed by atoms with Gasteiger partial charge in [0.1, 0.15) is 17.7 Å². The van der Waals surface area contributed by atoms with Crippen molar-refractivity contribution >= 4 is 5.82 Å². The zero-order chi connectivity index (χ0) is 17.9. The summed E-state index contributed by atoms with van der Waals surface area (Å²) in [6.07, 6.45) is 2.88. The monoisotopic (exact) mass is 354 g/mol. The van der Waals surface area contributed by atoms with E-state index < -0.39 is 0 Å². The predicted molar refractivity (Wildman–Crippen MR) is 92.3 cm³/mol. The maximum atomic E-state index is 12.9. The minimum absolute atomic E-state index is 0.314. The number of hydrogen-bond donors (Lipinski definition) is 0. The fourth-order valence-electron chi connectivity index (χ4n) is 3.41. The van der Waals surface area contributed by atoms with Gasteiger partial charge in [0.15, 0.2) is 0 Å². The molecular weight excluding hydrogens is 335 g/mol. The number of rotatable bonds is 4. The van der Waals surface area contributed by atoms with Gasteiger partial charge in [-0.05, 0) is 18.6 Å². The summed E-state index contributed by atoms with van der Waals surface area (Å²) >= 11 is 0. The molecule has 2 aliphatic rings. The number of nitriles is 1. The molecule has 2 aromatic heterocycles. The van der Waals surface area contributed by atoms with E-state index >= 15 is 0 Å². The Bertz CT molecular complexity index is 835. The largest absolute Gasteiger partial charge is 0.477 e. The summed E-state index contributed by atoms with van der Waals surface area (Å²) in [5.74, 6) is 1.12. The topological polar surface area (TPSA) is 71.3 Å². The fourth-order valence-corrected chi connectivity index (χ4v) is 3.41. The maximum Gasteiger partial charge on any atom is 0.213 e.